The van der Waals surface area contributed by atoms with E-state index in [0.29, 0.717) is 13.0 Å². The number of aryl methyl sites for hydroxylation is 1. The molecule has 0 bridgehead atoms. The Morgan fingerprint density at radius 2 is 2.47 bits per heavy atom. The van der Waals surface area contributed by atoms with E-state index in [4.69, 9.17) is 9.52 Å². The summed E-state index contributed by atoms with van der Waals surface area (Å²) in [5.41, 5.74) is -0.107. The van der Waals surface area contributed by atoms with Crippen LogP contribution in [0.3, 0.4) is 0 Å². The minimum absolute atomic E-state index is 0.107. The fraction of sp³-hybridized carbons (Fsp3) is 0.300. The zero-order valence-electron chi connectivity index (χ0n) is 9.25. The molecule has 0 atom stereocenters. The summed E-state index contributed by atoms with van der Waals surface area (Å²) in [7, 11) is 1.91. The fourth-order valence-corrected chi connectivity index (χ4v) is 1.37. The number of rotatable bonds is 5. The van der Waals surface area contributed by atoms with Crippen molar-refractivity contribution >= 4 is 12.0 Å². The molecule has 0 amide bonds. The molecule has 7 nitrogen and oxygen atoms in total. The van der Waals surface area contributed by atoms with E-state index in [2.05, 4.69) is 15.3 Å². The molecule has 0 aliphatic heterocycles. The van der Waals surface area contributed by atoms with E-state index in [-0.39, 0.29) is 11.7 Å². The zero-order chi connectivity index (χ0) is 12.3. The molecular formula is C10H12N4O3. The Morgan fingerprint density at radius 3 is 3.06 bits per heavy atom. The van der Waals surface area contributed by atoms with E-state index in [1.165, 1.54) is 0 Å². The molecule has 0 spiro atoms. The van der Waals surface area contributed by atoms with Gasteiger partial charge in [0.25, 0.3) is 6.01 Å². The van der Waals surface area contributed by atoms with Gasteiger partial charge < -0.3 is 19.4 Å². The number of carboxylic acid groups (broad SMARTS) is 1. The Morgan fingerprint density at radius 1 is 1.65 bits per heavy atom. The lowest BCUT2D eigenvalue weighted by Crippen LogP contribution is -2.09. The Hall–Kier alpha value is -2.31. The number of nitrogens with one attached hydrogen (secondary N) is 1. The fourth-order valence-electron chi connectivity index (χ4n) is 1.37. The van der Waals surface area contributed by atoms with Gasteiger partial charge in [0.2, 0.25) is 0 Å². The molecule has 17 heavy (non-hydrogen) atoms. The lowest BCUT2D eigenvalue weighted by molar-refractivity contribution is 0.0690. The Balaban J connectivity index is 1.86. The van der Waals surface area contributed by atoms with E-state index in [0.717, 1.165) is 12.1 Å². The van der Waals surface area contributed by atoms with Gasteiger partial charge in [-0.25, -0.2) is 9.78 Å². The molecule has 0 fully saturated rings. The third-order valence-corrected chi connectivity index (χ3v) is 2.27. The summed E-state index contributed by atoms with van der Waals surface area (Å²) >= 11 is 0. The number of anilines is 1. The number of oxazole rings is 1. The highest BCUT2D eigenvalue weighted by molar-refractivity contribution is 5.85. The van der Waals surface area contributed by atoms with Crippen molar-refractivity contribution < 1.29 is 14.3 Å². The first-order valence-electron chi connectivity index (χ1n) is 5.05. The van der Waals surface area contributed by atoms with Crippen LogP contribution in [0.25, 0.3) is 0 Å². The van der Waals surface area contributed by atoms with E-state index in [9.17, 15) is 4.79 Å². The summed E-state index contributed by atoms with van der Waals surface area (Å²) in [5, 5.41) is 11.5. The van der Waals surface area contributed by atoms with Crippen LogP contribution in [0.1, 0.15) is 16.3 Å². The Kier molecular flexibility index (Phi) is 3.08. The van der Waals surface area contributed by atoms with Crippen molar-refractivity contribution in [2.24, 2.45) is 7.05 Å². The molecule has 90 valence electrons. The predicted octanol–water partition coefficient (Wildman–Crippen LogP) is 0.761. The van der Waals surface area contributed by atoms with Crippen molar-refractivity contribution in [1.82, 2.24) is 14.5 Å². The van der Waals surface area contributed by atoms with Gasteiger partial charge in [0.1, 0.15) is 12.1 Å². The van der Waals surface area contributed by atoms with Gasteiger partial charge in [-0.15, -0.1) is 0 Å². The summed E-state index contributed by atoms with van der Waals surface area (Å²) in [5.74, 6) is -0.173. The van der Waals surface area contributed by atoms with Crippen molar-refractivity contribution in [1.29, 1.82) is 0 Å². The van der Waals surface area contributed by atoms with Gasteiger partial charge in [0, 0.05) is 32.4 Å². The minimum atomic E-state index is -1.11. The molecule has 0 radical (unpaired) electrons. The second-order valence-corrected chi connectivity index (χ2v) is 3.47. The normalized spacial score (nSPS) is 10.4. The second kappa shape index (κ2) is 4.69. The smallest absolute Gasteiger partial charge is 0.357 e. The molecular weight excluding hydrogens is 224 g/mol. The number of hydrogen-bond donors (Lipinski definition) is 2. The zero-order valence-corrected chi connectivity index (χ0v) is 9.25. The maximum absolute atomic E-state index is 10.6. The van der Waals surface area contributed by atoms with Crippen molar-refractivity contribution in [3.05, 3.63) is 30.2 Å². The standard InChI is InChI=1S/C10H12N4O3/c1-14-5-4-11-8(14)2-3-12-10-13-7(6-17-10)9(15)16/h4-6H,2-3H2,1H3,(H,12,13)(H,15,16). The maximum Gasteiger partial charge on any atom is 0.357 e. The van der Waals surface area contributed by atoms with Gasteiger partial charge in [-0.05, 0) is 0 Å². The van der Waals surface area contributed by atoms with Crippen LogP contribution in [-0.2, 0) is 13.5 Å². The van der Waals surface area contributed by atoms with Gasteiger partial charge in [-0.3, -0.25) is 0 Å². The highest BCUT2D eigenvalue weighted by Gasteiger charge is 2.09. The molecule has 2 aromatic heterocycles. The van der Waals surface area contributed by atoms with Crippen LogP contribution < -0.4 is 5.32 Å². The first kappa shape index (κ1) is 11.2. The molecule has 0 saturated heterocycles. The third kappa shape index (κ3) is 2.63. The van der Waals surface area contributed by atoms with Crippen LogP contribution >= 0.6 is 0 Å². The Bertz CT molecular complexity index is 517. The molecule has 7 heteroatoms. The Labute approximate surface area is 97.1 Å². The number of aromatic carboxylic acids is 1. The number of carbonyl (C=O) groups is 1. The highest BCUT2D eigenvalue weighted by atomic mass is 16.4. The topological polar surface area (TPSA) is 93.2 Å². The second-order valence-electron chi connectivity index (χ2n) is 3.47. The van der Waals surface area contributed by atoms with Crippen molar-refractivity contribution in [2.75, 3.05) is 11.9 Å². The number of imidazole rings is 1. The molecule has 2 N–H and O–H groups in total. The monoisotopic (exact) mass is 236 g/mol. The van der Waals surface area contributed by atoms with Gasteiger partial charge in [-0.1, -0.05) is 0 Å². The maximum atomic E-state index is 10.6. The number of carboxylic acids is 1. The quantitative estimate of drug-likeness (QED) is 0.796. The van der Waals surface area contributed by atoms with Gasteiger partial charge in [0.05, 0.1) is 0 Å². The average molecular weight is 236 g/mol. The van der Waals surface area contributed by atoms with Gasteiger partial charge >= 0.3 is 5.97 Å². The number of hydrogen-bond acceptors (Lipinski definition) is 5. The molecule has 0 aromatic carbocycles. The van der Waals surface area contributed by atoms with Crippen LogP contribution in [-0.4, -0.2) is 32.2 Å². The summed E-state index contributed by atoms with van der Waals surface area (Å²) in [6.45, 7) is 0.574. The number of nitrogens with zero attached hydrogens (tertiary/aromatic N) is 3. The van der Waals surface area contributed by atoms with E-state index in [1.807, 2.05) is 17.8 Å². The van der Waals surface area contributed by atoms with Crippen LogP contribution in [0, 0.1) is 0 Å². The van der Waals surface area contributed by atoms with Crippen LogP contribution in [0.5, 0.6) is 0 Å². The van der Waals surface area contributed by atoms with Crippen molar-refractivity contribution in [2.45, 2.75) is 6.42 Å². The lowest BCUT2D eigenvalue weighted by Gasteiger charge is -2.01. The summed E-state index contributed by atoms with van der Waals surface area (Å²) in [6.07, 6.45) is 5.39. The first-order chi connectivity index (χ1) is 8.16. The van der Waals surface area contributed by atoms with Crippen LogP contribution in [0.4, 0.5) is 6.01 Å². The molecule has 0 unspecified atom stereocenters. The first-order valence-corrected chi connectivity index (χ1v) is 5.05. The van der Waals surface area contributed by atoms with Crippen molar-refractivity contribution in [3.63, 3.8) is 0 Å². The average Bonchev–Trinajstić information content (AvgIpc) is 2.89. The van der Waals surface area contributed by atoms with E-state index in [1.54, 1.807) is 6.20 Å². The minimum Gasteiger partial charge on any atom is -0.476 e. The SMILES string of the molecule is Cn1ccnc1CCNc1nc(C(=O)O)co1. The molecule has 0 saturated carbocycles. The third-order valence-electron chi connectivity index (χ3n) is 2.27. The summed E-state index contributed by atoms with van der Waals surface area (Å²) in [6, 6.07) is 0.205. The molecule has 2 aromatic rings. The van der Waals surface area contributed by atoms with E-state index < -0.39 is 5.97 Å². The lowest BCUT2D eigenvalue weighted by atomic mass is 10.4. The summed E-state index contributed by atoms with van der Waals surface area (Å²) < 4.78 is 6.86. The van der Waals surface area contributed by atoms with Crippen LogP contribution in [0.15, 0.2) is 23.1 Å². The van der Waals surface area contributed by atoms with Crippen LogP contribution in [0.2, 0.25) is 0 Å². The largest absolute Gasteiger partial charge is 0.476 e. The van der Waals surface area contributed by atoms with Gasteiger partial charge in [0.15, 0.2) is 5.69 Å². The molecule has 2 heterocycles. The predicted molar refractivity (Wildman–Crippen MR) is 58.9 cm³/mol. The molecule has 0 aliphatic rings. The van der Waals surface area contributed by atoms with E-state index >= 15 is 0 Å². The summed E-state index contributed by atoms with van der Waals surface area (Å²) in [4.78, 5) is 18.5. The molecule has 0 aliphatic carbocycles. The number of aromatic nitrogens is 3. The highest BCUT2D eigenvalue weighted by Crippen LogP contribution is 2.07. The van der Waals surface area contributed by atoms with Crippen molar-refractivity contribution in [3.8, 4) is 0 Å². The molecule has 2 rings (SSSR count). The van der Waals surface area contributed by atoms with Gasteiger partial charge in [-0.2, -0.15) is 4.98 Å².